The summed E-state index contributed by atoms with van der Waals surface area (Å²) in [5.41, 5.74) is 1.92. The van der Waals surface area contributed by atoms with Gasteiger partial charge in [0.2, 0.25) is 23.6 Å². The van der Waals surface area contributed by atoms with Crippen LogP contribution in [0, 0.1) is 5.82 Å². The maximum Gasteiger partial charge on any atom is 0.329 e. The van der Waals surface area contributed by atoms with Crippen molar-refractivity contribution in [3.05, 3.63) is 97.6 Å². The summed E-state index contributed by atoms with van der Waals surface area (Å²) in [5.74, 6) is -2.36. The normalized spacial score (nSPS) is 29.0. The Labute approximate surface area is 369 Å². The molecule has 2 aliphatic carbocycles. The first-order valence-electron chi connectivity index (χ1n) is 22.3. The van der Waals surface area contributed by atoms with Gasteiger partial charge in [-0.1, -0.05) is 66.7 Å². The van der Waals surface area contributed by atoms with Gasteiger partial charge in [-0.15, -0.1) is 0 Å². The lowest BCUT2D eigenvalue weighted by atomic mass is 9.55. The van der Waals surface area contributed by atoms with Crippen LogP contribution >= 0.6 is 23.2 Å². The first-order chi connectivity index (χ1) is 29.9. The standard InChI is InChI=1S/C47H52Cl2FN7O5/c1-55-37-24-27(10-15-35(37)57(45(55)62)36-16-17-38(58)53-42(36)59)26-8-12-30(13-9-26)56-22-18-29(19-23-56)51-43(60)41-39(31-6-5-7-33(49)40(31)50)47(46(54-41)20-3-2-4-21-46)32-14-11-28(48)25-34(32)52-44(47)61/h5-7,10-11,14-15,24-26,29-30,36,39,41,54H,2-4,8-9,12-13,16-23H2,1H3,(H,51,60)(H,52,61)(H,53,58,59)/t26?,30?,36?,39-,41+,47+/m0/s1. The molecule has 4 aliphatic heterocycles. The van der Waals surface area contributed by atoms with Crippen molar-refractivity contribution in [1.29, 1.82) is 0 Å². The molecule has 1 aromatic heterocycles. The zero-order valence-corrected chi connectivity index (χ0v) is 36.3. The molecule has 12 nitrogen and oxygen atoms in total. The monoisotopic (exact) mass is 883 g/mol. The summed E-state index contributed by atoms with van der Waals surface area (Å²) in [6, 6.07) is 15.1. The van der Waals surface area contributed by atoms with E-state index in [0.717, 1.165) is 82.0 Å². The van der Waals surface area contributed by atoms with Gasteiger partial charge in [0.15, 0.2) is 0 Å². The summed E-state index contributed by atoms with van der Waals surface area (Å²) in [7, 11) is 1.73. The number of aromatic nitrogens is 2. The van der Waals surface area contributed by atoms with Gasteiger partial charge < -0.3 is 15.5 Å². The number of anilines is 1. The fraction of sp³-hybridized carbons (Fsp3) is 0.511. The number of amides is 4. The van der Waals surface area contributed by atoms with Gasteiger partial charge in [0.05, 0.1) is 22.1 Å². The third-order valence-electron chi connectivity index (χ3n) is 15.5. The molecular formula is C47H52Cl2FN7O5. The molecule has 3 saturated heterocycles. The van der Waals surface area contributed by atoms with E-state index in [1.807, 2.05) is 12.1 Å². The smallest absolute Gasteiger partial charge is 0.329 e. The van der Waals surface area contributed by atoms with Crippen molar-refractivity contribution in [3.63, 3.8) is 0 Å². The highest BCUT2D eigenvalue weighted by Crippen LogP contribution is 2.63. The number of halogens is 3. The highest BCUT2D eigenvalue weighted by Gasteiger charge is 2.72. The molecule has 326 valence electrons. The van der Waals surface area contributed by atoms with E-state index in [9.17, 15) is 24.0 Å². The maximum atomic E-state index is 16.3. The number of benzene rings is 3. The molecule has 4 atom stereocenters. The van der Waals surface area contributed by atoms with Crippen molar-refractivity contribution in [3.8, 4) is 0 Å². The summed E-state index contributed by atoms with van der Waals surface area (Å²) in [6.07, 6.45) is 10.3. The second-order valence-electron chi connectivity index (χ2n) is 18.6. The molecule has 4 amide bonds. The Balaban J connectivity index is 0.829. The lowest BCUT2D eigenvalue weighted by molar-refractivity contribution is -0.136. The number of imidazole rings is 1. The molecule has 10 rings (SSSR count). The van der Waals surface area contributed by atoms with Crippen LogP contribution in [0.4, 0.5) is 10.1 Å². The molecule has 0 radical (unpaired) electrons. The molecule has 15 heteroatoms. The van der Waals surface area contributed by atoms with Crippen LogP contribution in [0.3, 0.4) is 0 Å². The minimum atomic E-state index is -1.27. The summed E-state index contributed by atoms with van der Waals surface area (Å²) in [6.45, 7) is 1.69. The van der Waals surface area contributed by atoms with Crippen LogP contribution < -0.4 is 27.0 Å². The highest BCUT2D eigenvalue weighted by molar-refractivity contribution is 6.31. The molecule has 2 saturated carbocycles. The maximum absolute atomic E-state index is 16.3. The minimum Gasteiger partial charge on any atom is -0.352 e. The van der Waals surface area contributed by atoms with E-state index in [1.165, 1.54) is 16.2 Å². The Kier molecular flexibility index (Phi) is 10.6. The molecule has 4 aromatic rings. The SMILES string of the molecule is Cn1c(=O)n(C2CCC(=O)NC2=O)c2ccc(C3CCC(N4CCC(NC(=O)[C@@H]5NC6(CCCCC6)[C@@]6(C(=O)Nc7cc(Cl)ccc76)[C@H]5c5cccc(Cl)c5F)CC4)CC3)cc21. The summed E-state index contributed by atoms with van der Waals surface area (Å²) in [5, 5.41) is 13.0. The molecule has 2 spiro atoms. The zero-order chi connectivity index (χ0) is 43.1. The quantitative estimate of drug-likeness (QED) is 0.157. The number of carbonyl (C=O) groups is 4. The van der Waals surface area contributed by atoms with Crippen molar-refractivity contribution in [2.75, 3.05) is 18.4 Å². The van der Waals surface area contributed by atoms with Gasteiger partial charge in [-0.2, -0.15) is 0 Å². The molecule has 62 heavy (non-hydrogen) atoms. The molecule has 0 bridgehead atoms. The second kappa shape index (κ2) is 15.9. The first kappa shape index (κ1) is 41.5. The minimum absolute atomic E-state index is 0.0488. The van der Waals surface area contributed by atoms with Gasteiger partial charge in [-0.05, 0) is 111 Å². The van der Waals surface area contributed by atoms with E-state index in [4.69, 9.17) is 23.2 Å². The van der Waals surface area contributed by atoms with Crippen molar-refractivity contribution in [2.24, 2.45) is 7.05 Å². The molecule has 5 fully saturated rings. The van der Waals surface area contributed by atoms with E-state index in [2.05, 4.69) is 38.3 Å². The Bertz CT molecular complexity index is 2550. The second-order valence-corrected chi connectivity index (χ2v) is 19.4. The molecular weight excluding hydrogens is 832 g/mol. The molecule has 4 N–H and O–H groups in total. The number of imide groups is 1. The number of piperidine rings is 2. The van der Waals surface area contributed by atoms with Crippen molar-refractivity contribution < 1.29 is 23.6 Å². The number of hydrogen-bond acceptors (Lipinski definition) is 7. The molecule has 5 heterocycles. The van der Waals surface area contributed by atoms with Gasteiger partial charge in [0.1, 0.15) is 17.3 Å². The third-order valence-corrected chi connectivity index (χ3v) is 16.0. The van der Waals surface area contributed by atoms with Crippen molar-refractivity contribution >= 4 is 63.6 Å². The largest absolute Gasteiger partial charge is 0.352 e. The van der Waals surface area contributed by atoms with E-state index in [1.54, 1.807) is 35.9 Å². The summed E-state index contributed by atoms with van der Waals surface area (Å²) in [4.78, 5) is 69.8. The number of rotatable bonds is 6. The first-order valence-corrected chi connectivity index (χ1v) is 23.1. The number of nitrogens with one attached hydrogen (secondary N) is 4. The van der Waals surface area contributed by atoms with Crippen LogP contribution in [0.1, 0.15) is 118 Å². The predicted molar refractivity (Wildman–Crippen MR) is 235 cm³/mol. The third kappa shape index (κ3) is 6.55. The molecule has 3 aromatic carbocycles. The van der Waals surface area contributed by atoms with Crippen molar-refractivity contribution in [1.82, 2.24) is 30.0 Å². The average molecular weight is 885 g/mol. The van der Waals surface area contributed by atoms with E-state index in [0.29, 0.717) is 47.4 Å². The number of likely N-dealkylation sites (tertiary alicyclic amines) is 1. The average Bonchev–Trinajstić information content (AvgIpc) is 3.82. The van der Waals surface area contributed by atoms with Crippen LogP contribution in [0.25, 0.3) is 11.0 Å². The molecule has 1 unspecified atom stereocenters. The van der Waals surface area contributed by atoms with Crippen LogP contribution in [0.2, 0.25) is 10.0 Å². The van der Waals surface area contributed by atoms with Gasteiger partial charge in [0.25, 0.3) is 0 Å². The van der Waals surface area contributed by atoms with Gasteiger partial charge >= 0.3 is 5.69 Å². The van der Waals surface area contributed by atoms with Gasteiger partial charge in [-0.3, -0.25) is 38.9 Å². The van der Waals surface area contributed by atoms with Crippen molar-refractivity contribution in [2.45, 2.75) is 130 Å². The van der Waals surface area contributed by atoms with Crippen LogP contribution in [0.15, 0.2) is 59.4 Å². The van der Waals surface area contributed by atoms with Crippen LogP contribution in [-0.2, 0) is 31.6 Å². The highest BCUT2D eigenvalue weighted by atomic mass is 35.5. The Morgan fingerprint density at radius 2 is 1.61 bits per heavy atom. The fourth-order valence-electron chi connectivity index (χ4n) is 12.6. The number of fused-ring (bicyclic) bond motifs is 4. The Hall–Kier alpha value is -4.56. The summed E-state index contributed by atoms with van der Waals surface area (Å²) >= 11 is 12.9. The topological polar surface area (TPSA) is 147 Å². The van der Waals surface area contributed by atoms with E-state index >= 15 is 4.39 Å². The van der Waals surface area contributed by atoms with Gasteiger partial charge in [0, 0.05) is 60.8 Å². The zero-order valence-electron chi connectivity index (χ0n) is 34.8. The van der Waals surface area contributed by atoms with Crippen LogP contribution in [0.5, 0.6) is 0 Å². The number of nitrogens with zero attached hydrogens (tertiary/aromatic N) is 3. The number of carbonyl (C=O) groups excluding carboxylic acids is 4. The lowest BCUT2D eigenvalue weighted by Gasteiger charge is -2.47. The molecule has 6 aliphatic rings. The lowest BCUT2D eigenvalue weighted by Crippen LogP contribution is -2.60. The van der Waals surface area contributed by atoms with Crippen LogP contribution in [-0.4, -0.2) is 74.4 Å². The Morgan fingerprint density at radius 3 is 2.35 bits per heavy atom. The predicted octanol–water partition coefficient (Wildman–Crippen LogP) is 6.72. The van der Waals surface area contributed by atoms with E-state index < -0.39 is 40.7 Å². The summed E-state index contributed by atoms with van der Waals surface area (Å²) < 4.78 is 19.5. The van der Waals surface area contributed by atoms with E-state index in [-0.39, 0.29) is 46.5 Å². The Morgan fingerprint density at radius 1 is 0.855 bits per heavy atom. The fourth-order valence-corrected chi connectivity index (χ4v) is 12.9. The van der Waals surface area contributed by atoms with Gasteiger partial charge in [-0.25, -0.2) is 9.18 Å². The number of hydrogen-bond donors (Lipinski definition) is 4. The number of aryl methyl sites for hydroxylation is 1.